The van der Waals surface area contributed by atoms with Gasteiger partial charge >= 0.3 is 0 Å². The van der Waals surface area contributed by atoms with E-state index in [9.17, 15) is 9.90 Å². The van der Waals surface area contributed by atoms with E-state index in [0.717, 1.165) is 25.7 Å². The third-order valence-corrected chi connectivity index (χ3v) is 3.92. The first-order valence-electron chi connectivity index (χ1n) is 7.03. The van der Waals surface area contributed by atoms with Crippen molar-refractivity contribution < 1.29 is 14.3 Å². The predicted molar refractivity (Wildman–Crippen MR) is 72.4 cm³/mol. The fraction of sp³-hybridized carbons (Fsp3) is 0.667. The molecule has 2 N–H and O–H groups in total. The van der Waals surface area contributed by atoms with Gasteiger partial charge in [0.15, 0.2) is 0 Å². The Morgan fingerprint density at radius 2 is 2.26 bits per heavy atom. The Labute approximate surface area is 114 Å². The SMILES string of the molecule is CC(C)CC1(C(=O)NCC(O)c2ccco2)CCC1. The molecule has 0 bridgehead atoms. The monoisotopic (exact) mass is 265 g/mol. The van der Waals surface area contributed by atoms with Crippen molar-refractivity contribution >= 4 is 5.91 Å². The molecule has 2 rings (SSSR count). The molecule has 106 valence electrons. The minimum atomic E-state index is -0.768. The van der Waals surface area contributed by atoms with Gasteiger partial charge in [0.2, 0.25) is 5.91 Å². The van der Waals surface area contributed by atoms with Crippen molar-refractivity contribution in [2.45, 2.75) is 45.6 Å². The first-order chi connectivity index (χ1) is 9.03. The largest absolute Gasteiger partial charge is 0.467 e. The van der Waals surface area contributed by atoms with E-state index in [4.69, 9.17) is 4.42 Å². The second-order valence-electron chi connectivity index (χ2n) is 5.97. The molecule has 1 unspecified atom stereocenters. The number of aliphatic hydroxyl groups excluding tert-OH is 1. The van der Waals surface area contributed by atoms with Crippen molar-refractivity contribution in [3.63, 3.8) is 0 Å². The smallest absolute Gasteiger partial charge is 0.226 e. The lowest BCUT2D eigenvalue weighted by molar-refractivity contribution is -0.137. The molecular weight excluding hydrogens is 242 g/mol. The molecule has 1 saturated carbocycles. The Bertz CT molecular complexity index is 407. The van der Waals surface area contributed by atoms with Gasteiger partial charge in [-0.2, -0.15) is 0 Å². The number of nitrogens with one attached hydrogen (secondary N) is 1. The Morgan fingerprint density at radius 3 is 2.74 bits per heavy atom. The number of hydrogen-bond acceptors (Lipinski definition) is 3. The van der Waals surface area contributed by atoms with E-state index in [2.05, 4.69) is 19.2 Å². The van der Waals surface area contributed by atoms with Crippen LogP contribution in [0.3, 0.4) is 0 Å². The maximum atomic E-state index is 12.3. The standard InChI is InChI=1S/C15H23NO3/c1-11(2)9-15(6-4-7-15)14(18)16-10-12(17)13-5-3-8-19-13/h3,5,8,11-12,17H,4,6-7,9-10H2,1-2H3,(H,16,18). The molecule has 1 heterocycles. The number of carbonyl (C=O) groups is 1. The van der Waals surface area contributed by atoms with Gasteiger partial charge in [-0.3, -0.25) is 4.79 Å². The van der Waals surface area contributed by atoms with Gasteiger partial charge in [-0.1, -0.05) is 20.3 Å². The first-order valence-corrected chi connectivity index (χ1v) is 7.03. The van der Waals surface area contributed by atoms with Gasteiger partial charge in [-0.05, 0) is 37.3 Å². The minimum Gasteiger partial charge on any atom is -0.467 e. The zero-order chi connectivity index (χ0) is 13.9. The number of amides is 1. The summed E-state index contributed by atoms with van der Waals surface area (Å²) in [7, 11) is 0. The van der Waals surface area contributed by atoms with Gasteiger partial charge < -0.3 is 14.8 Å². The summed E-state index contributed by atoms with van der Waals surface area (Å²) in [5.41, 5.74) is -0.197. The molecule has 1 fully saturated rings. The zero-order valence-corrected chi connectivity index (χ0v) is 11.7. The average molecular weight is 265 g/mol. The quantitative estimate of drug-likeness (QED) is 0.831. The lowest BCUT2D eigenvalue weighted by Gasteiger charge is -2.41. The molecule has 4 nitrogen and oxygen atoms in total. The molecule has 0 aliphatic heterocycles. The van der Waals surface area contributed by atoms with E-state index in [1.807, 2.05) is 0 Å². The van der Waals surface area contributed by atoms with Crippen molar-refractivity contribution in [2.75, 3.05) is 6.54 Å². The second kappa shape index (κ2) is 5.78. The van der Waals surface area contributed by atoms with Gasteiger partial charge in [0.05, 0.1) is 12.8 Å². The topological polar surface area (TPSA) is 62.5 Å². The van der Waals surface area contributed by atoms with E-state index in [0.29, 0.717) is 11.7 Å². The van der Waals surface area contributed by atoms with Crippen LogP contribution in [0.2, 0.25) is 0 Å². The van der Waals surface area contributed by atoms with Crippen molar-refractivity contribution in [3.8, 4) is 0 Å². The molecule has 1 aromatic rings. The molecule has 1 amide bonds. The number of aliphatic hydroxyl groups is 1. The van der Waals surface area contributed by atoms with E-state index in [1.165, 1.54) is 6.26 Å². The summed E-state index contributed by atoms with van der Waals surface area (Å²) in [6.45, 7) is 4.50. The Balaban J connectivity index is 1.86. The molecule has 0 spiro atoms. The predicted octanol–water partition coefficient (Wildman–Crippen LogP) is 2.65. The number of furan rings is 1. The maximum absolute atomic E-state index is 12.3. The molecular formula is C15H23NO3. The van der Waals surface area contributed by atoms with E-state index in [-0.39, 0.29) is 17.9 Å². The average Bonchev–Trinajstić information content (AvgIpc) is 2.83. The molecule has 1 aliphatic carbocycles. The highest BCUT2D eigenvalue weighted by atomic mass is 16.4. The van der Waals surface area contributed by atoms with Crippen LogP contribution < -0.4 is 5.32 Å². The molecule has 0 aromatic carbocycles. The van der Waals surface area contributed by atoms with Crippen molar-refractivity contribution in [2.24, 2.45) is 11.3 Å². The fourth-order valence-corrected chi connectivity index (χ4v) is 2.87. The molecule has 19 heavy (non-hydrogen) atoms. The van der Waals surface area contributed by atoms with Crippen LogP contribution in [0.1, 0.15) is 51.4 Å². The van der Waals surface area contributed by atoms with Gasteiger partial charge in [0.25, 0.3) is 0 Å². The summed E-state index contributed by atoms with van der Waals surface area (Å²) in [5.74, 6) is 1.09. The van der Waals surface area contributed by atoms with Crippen molar-refractivity contribution in [1.82, 2.24) is 5.32 Å². The molecule has 0 radical (unpaired) electrons. The van der Waals surface area contributed by atoms with Gasteiger partial charge in [0, 0.05) is 5.41 Å². The van der Waals surface area contributed by atoms with Crippen molar-refractivity contribution in [3.05, 3.63) is 24.2 Å². The second-order valence-corrected chi connectivity index (χ2v) is 5.97. The normalized spacial score (nSPS) is 18.9. The summed E-state index contributed by atoms with van der Waals surface area (Å²) in [6, 6.07) is 3.44. The highest BCUT2D eigenvalue weighted by Gasteiger charge is 2.44. The zero-order valence-electron chi connectivity index (χ0n) is 11.7. The molecule has 0 saturated heterocycles. The van der Waals surface area contributed by atoms with Gasteiger partial charge in [-0.15, -0.1) is 0 Å². The maximum Gasteiger partial charge on any atom is 0.226 e. The van der Waals surface area contributed by atoms with Crippen LogP contribution >= 0.6 is 0 Å². The summed E-state index contributed by atoms with van der Waals surface area (Å²) < 4.78 is 5.12. The van der Waals surface area contributed by atoms with Crippen LogP contribution in [-0.2, 0) is 4.79 Å². The number of carbonyl (C=O) groups excluding carboxylic acids is 1. The lowest BCUT2D eigenvalue weighted by atomic mass is 9.64. The van der Waals surface area contributed by atoms with E-state index in [1.54, 1.807) is 12.1 Å². The van der Waals surface area contributed by atoms with Crippen LogP contribution in [0.4, 0.5) is 0 Å². The van der Waals surface area contributed by atoms with Crippen LogP contribution in [0.15, 0.2) is 22.8 Å². The Kier molecular flexibility index (Phi) is 4.30. The van der Waals surface area contributed by atoms with Gasteiger partial charge in [0.1, 0.15) is 11.9 Å². The molecule has 1 aromatic heterocycles. The third kappa shape index (κ3) is 3.18. The first kappa shape index (κ1) is 14.1. The Hall–Kier alpha value is -1.29. The summed E-state index contributed by atoms with van der Waals surface area (Å²) in [4.78, 5) is 12.3. The summed E-state index contributed by atoms with van der Waals surface area (Å²) >= 11 is 0. The third-order valence-electron chi connectivity index (χ3n) is 3.92. The van der Waals surface area contributed by atoms with Crippen LogP contribution in [-0.4, -0.2) is 17.6 Å². The van der Waals surface area contributed by atoms with E-state index < -0.39 is 6.10 Å². The highest BCUT2D eigenvalue weighted by Crippen LogP contribution is 2.46. The van der Waals surface area contributed by atoms with Crippen LogP contribution in [0.25, 0.3) is 0 Å². The highest BCUT2D eigenvalue weighted by molar-refractivity contribution is 5.83. The van der Waals surface area contributed by atoms with Gasteiger partial charge in [-0.25, -0.2) is 0 Å². The molecule has 4 heteroatoms. The fourth-order valence-electron chi connectivity index (χ4n) is 2.87. The summed E-state index contributed by atoms with van der Waals surface area (Å²) in [5, 5.41) is 12.8. The minimum absolute atomic E-state index is 0.0815. The lowest BCUT2D eigenvalue weighted by Crippen LogP contribution is -2.47. The van der Waals surface area contributed by atoms with Crippen LogP contribution in [0.5, 0.6) is 0 Å². The van der Waals surface area contributed by atoms with Crippen LogP contribution in [0, 0.1) is 11.3 Å². The summed E-state index contributed by atoms with van der Waals surface area (Å²) in [6.07, 6.45) is 4.74. The molecule has 1 atom stereocenters. The Morgan fingerprint density at radius 1 is 1.53 bits per heavy atom. The van der Waals surface area contributed by atoms with E-state index >= 15 is 0 Å². The molecule has 1 aliphatic rings. The van der Waals surface area contributed by atoms with Crippen molar-refractivity contribution in [1.29, 1.82) is 0 Å². The number of hydrogen-bond donors (Lipinski definition) is 2. The number of rotatable bonds is 6.